The zero-order chi connectivity index (χ0) is 15.7. The summed E-state index contributed by atoms with van der Waals surface area (Å²) in [4.78, 5) is 18.7. The van der Waals surface area contributed by atoms with Crippen LogP contribution in [0.25, 0.3) is 11.1 Å². The first-order chi connectivity index (χ1) is 10.0. The van der Waals surface area contributed by atoms with Gasteiger partial charge in [0, 0.05) is 0 Å². The average Bonchev–Trinajstić information content (AvgIpc) is 2.47. The number of carboxylic acids is 1. The zero-order valence-electron chi connectivity index (χ0n) is 11.8. The van der Waals surface area contributed by atoms with Crippen LogP contribution in [0.5, 0.6) is 0 Å². The molecule has 6 heteroatoms. The second-order valence-corrected chi connectivity index (χ2v) is 4.22. The van der Waals surface area contributed by atoms with Crippen molar-refractivity contribution in [3.63, 3.8) is 0 Å². The third kappa shape index (κ3) is 6.47. The molecule has 0 bridgehead atoms. The number of benzene rings is 2. The van der Waals surface area contributed by atoms with Crippen molar-refractivity contribution in [2.24, 2.45) is 0 Å². The van der Waals surface area contributed by atoms with Gasteiger partial charge in [-0.25, -0.2) is 4.39 Å². The minimum atomic E-state index is -1.07. The third-order valence-corrected chi connectivity index (χ3v) is 2.54. The van der Waals surface area contributed by atoms with Gasteiger partial charge in [-0.1, -0.05) is 42.0 Å². The smallest absolute Gasteiger partial charge is 0.320 e. The summed E-state index contributed by atoms with van der Waals surface area (Å²) in [5, 5.41) is 9.65. The Kier molecular flexibility index (Phi) is 7.70. The van der Waals surface area contributed by atoms with Gasteiger partial charge in [-0.2, -0.15) is 6.41 Å². The molecule has 0 aliphatic rings. The molecule has 0 spiro atoms. The van der Waals surface area contributed by atoms with Crippen molar-refractivity contribution in [1.82, 2.24) is 5.32 Å². The first-order valence-electron chi connectivity index (χ1n) is 6.17. The first kappa shape index (κ1) is 18.3. The molecule has 2 N–H and O–H groups in total. The van der Waals surface area contributed by atoms with Crippen molar-refractivity contribution < 1.29 is 19.1 Å². The minimum absolute atomic E-state index is 0. The molecule has 0 saturated heterocycles. The first-order valence-corrected chi connectivity index (χ1v) is 6.17. The van der Waals surface area contributed by atoms with E-state index in [9.17, 15) is 14.0 Å². The molecule has 0 aromatic heterocycles. The van der Waals surface area contributed by atoms with Gasteiger partial charge in [0.1, 0.15) is 5.82 Å². The number of rotatable bonds is 4. The van der Waals surface area contributed by atoms with E-state index >= 15 is 0 Å². The van der Waals surface area contributed by atoms with Gasteiger partial charge in [0.25, 0.3) is 0 Å². The molecule has 1 amide bonds. The Hall–Kier alpha value is -3.69. The molecule has 0 radical (unpaired) electrons. The van der Waals surface area contributed by atoms with Crippen molar-refractivity contribution in [3.05, 3.63) is 59.9 Å². The fourth-order valence-corrected chi connectivity index (χ4v) is 1.50. The van der Waals surface area contributed by atoms with Crippen LogP contribution < -0.4 is 5.32 Å². The molecule has 0 aliphatic carbocycles. The second kappa shape index (κ2) is 9.25. The van der Waals surface area contributed by atoms with Crippen LogP contribution in [0.15, 0.2) is 48.5 Å². The Labute approximate surface area is 122 Å². The monoisotopic (exact) mass is 545 g/mol. The maximum absolute atomic E-state index is 12.7. The summed E-state index contributed by atoms with van der Waals surface area (Å²) in [6, 6.07) is 14.7. The topological polar surface area (TPSA) is 66.4 Å². The Bertz CT molecular complexity index is 542. The van der Waals surface area contributed by atoms with Crippen LogP contribution in [0.3, 0.4) is 0 Å². The van der Waals surface area contributed by atoms with Gasteiger partial charge in [0.05, 0.1) is 6.54 Å². The summed E-state index contributed by atoms with van der Waals surface area (Å²) < 4.78 is 12.7. The molecule has 22 heavy (non-hydrogen) atoms. The summed E-state index contributed by atoms with van der Waals surface area (Å²) in [7, 11) is 0. The van der Waals surface area contributed by atoms with Gasteiger partial charge in [-0.3, -0.25) is 4.79 Å². The van der Waals surface area contributed by atoms with Gasteiger partial charge in [0.15, 0.2) is 0 Å². The normalized spacial score (nSPS) is 8.82. The SMILES string of the molecule is Cc1ccc(-c2ccc(F)cc2)cc1.O=[C-]NCC(=O)O.[Fm]. The zero-order valence-corrected chi connectivity index (χ0v) is 14.2. The number of carbonyl (C=O) groups excluding carboxylic acids is 1. The van der Waals surface area contributed by atoms with Crippen molar-refractivity contribution >= 4 is 12.4 Å². The maximum Gasteiger partial charge on any atom is 0.320 e. The number of nitrogens with one attached hydrogen (secondary N) is 1. The van der Waals surface area contributed by atoms with Crippen LogP contribution in [0.1, 0.15) is 5.56 Å². The molecule has 0 atom stereocenters. The van der Waals surface area contributed by atoms with E-state index in [1.165, 1.54) is 24.1 Å². The molecule has 0 fully saturated rings. The van der Waals surface area contributed by atoms with E-state index in [-0.39, 0.29) is 12.4 Å². The Morgan fingerprint density at radius 3 is 1.91 bits per heavy atom. The number of aliphatic carboxylic acids is 1. The number of carboxylic acid groups (broad SMARTS) is 1. The van der Waals surface area contributed by atoms with Crippen LogP contribution >= 0.6 is 0 Å². The molecular weight excluding hydrogens is 530 g/mol. The number of hydrogen-bond donors (Lipinski definition) is 2. The van der Waals surface area contributed by atoms with E-state index in [1.807, 2.05) is 17.4 Å². The summed E-state index contributed by atoms with van der Waals surface area (Å²) in [6.07, 6.45) is 1.22. The molecule has 0 heterocycles. The Morgan fingerprint density at radius 2 is 1.55 bits per heavy atom. The van der Waals surface area contributed by atoms with Crippen molar-refractivity contribution in [2.45, 2.75) is 6.92 Å². The second-order valence-electron chi connectivity index (χ2n) is 4.22. The fraction of sp³-hybridized carbons (Fsp3) is 0.125. The maximum atomic E-state index is 12.7. The van der Waals surface area contributed by atoms with E-state index < -0.39 is 5.97 Å². The summed E-state index contributed by atoms with van der Waals surface area (Å²) in [6.45, 7) is 1.69. The molecular formula is C16H15FFmNO3-. The fourth-order valence-electron chi connectivity index (χ4n) is 1.50. The van der Waals surface area contributed by atoms with Crippen molar-refractivity contribution in [1.29, 1.82) is 0 Å². The van der Waals surface area contributed by atoms with Gasteiger partial charge in [-0.05, 0) is 30.2 Å². The minimum Gasteiger partial charge on any atom is -0.521 e. The number of amides is 1. The molecule has 2 aromatic rings. The number of hydrogen-bond acceptors (Lipinski definition) is 2. The molecule has 0 aliphatic heterocycles. The number of halogens is 1. The van der Waals surface area contributed by atoms with E-state index in [0.717, 1.165) is 11.1 Å². The number of carbonyl (C=O) groups is 1. The van der Waals surface area contributed by atoms with E-state index in [0.29, 0.717) is 0 Å². The molecule has 122 valence electrons. The van der Waals surface area contributed by atoms with E-state index in [4.69, 9.17) is 5.11 Å². The van der Waals surface area contributed by atoms with Crippen molar-refractivity contribution in [3.8, 4) is 11.1 Å². The molecule has 2 rings (SSSR count). The van der Waals surface area contributed by atoms with Crippen LogP contribution in [0.4, 0.5) is 4.39 Å². The van der Waals surface area contributed by atoms with Crippen LogP contribution in [-0.2, 0) is 9.59 Å². The quantitative estimate of drug-likeness (QED) is 0.459. The summed E-state index contributed by atoms with van der Waals surface area (Å²) in [5.74, 6) is -1.26. The molecule has 4 nitrogen and oxygen atoms in total. The van der Waals surface area contributed by atoms with Crippen molar-refractivity contribution in [2.75, 3.05) is 6.54 Å². The Morgan fingerprint density at radius 1 is 1.09 bits per heavy atom. The Balaban J connectivity index is 0.000000478. The van der Waals surface area contributed by atoms with Gasteiger partial charge >= 0.3 is 5.97 Å². The van der Waals surface area contributed by atoms with E-state index in [2.05, 4.69) is 19.1 Å². The summed E-state index contributed by atoms with van der Waals surface area (Å²) in [5.41, 5.74) is 3.40. The third-order valence-electron chi connectivity index (χ3n) is 2.54. The van der Waals surface area contributed by atoms with Crippen LogP contribution in [0.2, 0.25) is 0 Å². The van der Waals surface area contributed by atoms with Gasteiger partial charge < -0.3 is 15.2 Å². The number of aryl methyl sites for hydroxylation is 1. The molecule has 0 unspecified atom stereocenters. The molecule has 2 aromatic carbocycles. The predicted octanol–water partition coefficient (Wildman–Crippen LogP) is 2.53. The van der Waals surface area contributed by atoms with Crippen LogP contribution in [-0.4, -0.2) is 24.0 Å². The van der Waals surface area contributed by atoms with Gasteiger partial charge in [-0.15, -0.1) is 0 Å². The van der Waals surface area contributed by atoms with E-state index in [1.54, 1.807) is 12.1 Å². The molecule has 0 saturated carbocycles. The average molecular weight is 545 g/mol. The predicted molar refractivity (Wildman–Crippen MR) is 77.9 cm³/mol. The van der Waals surface area contributed by atoms with Crippen LogP contribution in [0, 0.1) is 12.7 Å². The summed E-state index contributed by atoms with van der Waals surface area (Å²) >= 11 is 0. The van der Waals surface area contributed by atoms with Gasteiger partial charge in [0.2, 0.25) is 0 Å². The largest absolute Gasteiger partial charge is 0.521 e. The standard InChI is InChI=1S/C13H11F.C3H4NO3.Fm/c1-10-2-4-11(5-3-10)12-6-8-13(14)9-7-12;5-2-4-1-3(6)7;/h2-9H,1H3;1H2,(H,4,5)(H,6,7);/q;-1;.